The van der Waals surface area contributed by atoms with E-state index in [1.165, 1.54) is 26.4 Å². The van der Waals surface area contributed by atoms with Crippen molar-refractivity contribution < 1.29 is 23.9 Å². The van der Waals surface area contributed by atoms with Crippen LogP contribution in [0.2, 0.25) is 0 Å². The maximum absolute atomic E-state index is 12.3. The normalized spacial score (nSPS) is 20.1. The molecule has 0 saturated carbocycles. The fourth-order valence-electron chi connectivity index (χ4n) is 2.75. The van der Waals surface area contributed by atoms with E-state index in [1.807, 2.05) is 11.8 Å². The molecule has 0 aliphatic carbocycles. The minimum atomic E-state index is -0.535. The number of carbonyl (C=O) groups excluding carboxylic acids is 1. The van der Waals surface area contributed by atoms with Gasteiger partial charge in [-0.25, -0.2) is 4.79 Å². The first kappa shape index (κ1) is 19.2. The van der Waals surface area contributed by atoms with Crippen molar-refractivity contribution in [2.24, 2.45) is 0 Å². The van der Waals surface area contributed by atoms with Crippen LogP contribution in [-0.4, -0.2) is 53.7 Å². The monoisotopic (exact) mass is 370 g/mol. The molecule has 1 saturated heterocycles. The van der Waals surface area contributed by atoms with Gasteiger partial charge in [0, 0.05) is 23.6 Å². The van der Waals surface area contributed by atoms with E-state index in [4.69, 9.17) is 14.2 Å². The van der Waals surface area contributed by atoms with Crippen molar-refractivity contribution in [3.63, 3.8) is 0 Å². The lowest BCUT2D eigenvalue weighted by Crippen LogP contribution is -2.44. The summed E-state index contributed by atoms with van der Waals surface area (Å²) in [5.41, 5.74) is 0.0740. The molecule has 8 nitrogen and oxygen atoms in total. The number of thioether (sulfide) groups is 1. The molecule has 1 aromatic carbocycles. The van der Waals surface area contributed by atoms with E-state index in [9.17, 15) is 14.9 Å². The molecule has 0 spiro atoms. The zero-order valence-electron chi connectivity index (χ0n) is 14.7. The molecule has 1 aliphatic heterocycles. The third-order valence-electron chi connectivity index (χ3n) is 3.81. The number of rotatable bonds is 5. The number of hydrogen-bond acceptors (Lipinski definition) is 7. The van der Waals surface area contributed by atoms with Crippen molar-refractivity contribution >= 4 is 23.5 Å². The Labute approximate surface area is 150 Å². The SMILES string of the molecule is COc1cc(COC(=O)N2CC(C)SC(C)C2)c([N+](=O)[O-])cc1OC. The number of carbonyl (C=O) groups is 1. The van der Waals surface area contributed by atoms with Gasteiger partial charge < -0.3 is 19.1 Å². The van der Waals surface area contributed by atoms with Crippen LogP contribution in [0, 0.1) is 10.1 Å². The zero-order valence-corrected chi connectivity index (χ0v) is 15.5. The molecule has 1 aliphatic rings. The van der Waals surface area contributed by atoms with Gasteiger partial charge in [-0.05, 0) is 6.07 Å². The molecule has 25 heavy (non-hydrogen) atoms. The van der Waals surface area contributed by atoms with E-state index in [0.717, 1.165) is 0 Å². The molecule has 1 fully saturated rings. The second kappa shape index (κ2) is 8.28. The third-order valence-corrected chi connectivity index (χ3v) is 5.04. The van der Waals surface area contributed by atoms with E-state index in [-0.39, 0.29) is 23.6 Å². The first-order valence-corrected chi connectivity index (χ1v) is 8.76. The van der Waals surface area contributed by atoms with E-state index >= 15 is 0 Å². The highest BCUT2D eigenvalue weighted by Crippen LogP contribution is 2.35. The average molecular weight is 370 g/mol. The summed E-state index contributed by atoms with van der Waals surface area (Å²) >= 11 is 1.82. The molecular weight excluding hydrogens is 348 g/mol. The Balaban J connectivity index is 2.13. The molecule has 0 bridgehead atoms. The number of nitro groups is 1. The fraction of sp³-hybridized carbons (Fsp3) is 0.562. The Morgan fingerprint density at radius 3 is 2.32 bits per heavy atom. The van der Waals surface area contributed by atoms with E-state index < -0.39 is 11.0 Å². The first-order chi connectivity index (χ1) is 11.8. The van der Waals surface area contributed by atoms with Crippen LogP contribution in [0.25, 0.3) is 0 Å². The Morgan fingerprint density at radius 1 is 1.24 bits per heavy atom. The maximum atomic E-state index is 12.3. The van der Waals surface area contributed by atoms with Crippen LogP contribution in [0.5, 0.6) is 11.5 Å². The lowest BCUT2D eigenvalue weighted by Gasteiger charge is -2.33. The predicted octanol–water partition coefficient (Wildman–Crippen LogP) is 3.07. The number of ether oxygens (including phenoxy) is 3. The maximum Gasteiger partial charge on any atom is 0.410 e. The van der Waals surface area contributed by atoms with E-state index in [0.29, 0.717) is 29.3 Å². The summed E-state index contributed by atoms with van der Waals surface area (Å²) in [6.07, 6.45) is -0.469. The molecule has 1 aromatic rings. The largest absolute Gasteiger partial charge is 0.493 e. The second-order valence-corrected chi connectivity index (χ2v) is 7.69. The number of benzene rings is 1. The van der Waals surface area contributed by atoms with E-state index in [1.54, 1.807) is 4.90 Å². The van der Waals surface area contributed by atoms with Gasteiger partial charge in [-0.2, -0.15) is 11.8 Å². The standard InChI is InChI=1S/C16H22N2O6S/c1-10-7-17(8-11(2)25-10)16(19)24-9-12-5-14(22-3)15(23-4)6-13(12)18(20)21/h5-6,10-11H,7-9H2,1-4H3. The molecule has 2 rings (SSSR count). The van der Waals surface area contributed by atoms with E-state index in [2.05, 4.69) is 13.8 Å². The predicted molar refractivity (Wildman–Crippen MR) is 94.5 cm³/mol. The number of nitrogens with zero attached hydrogens (tertiary/aromatic N) is 2. The lowest BCUT2D eigenvalue weighted by molar-refractivity contribution is -0.385. The summed E-state index contributed by atoms with van der Waals surface area (Å²) in [4.78, 5) is 24.7. The summed E-state index contributed by atoms with van der Waals surface area (Å²) in [6, 6.07) is 2.73. The topological polar surface area (TPSA) is 91.1 Å². The van der Waals surface area contributed by atoms with Crippen LogP contribution in [0.1, 0.15) is 19.4 Å². The molecular formula is C16H22N2O6S. The highest BCUT2D eigenvalue weighted by molar-refractivity contribution is 8.00. The van der Waals surface area contributed by atoms with Crippen LogP contribution in [0.4, 0.5) is 10.5 Å². The summed E-state index contributed by atoms with van der Waals surface area (Å²) in [7, 11) is 2.84. The van der Waals surface area contributed by atoms with Gasteiger partial charge in [0.25, 0.3) is 5.69 Å². The Kier molecular flexibility index (Phi) is 6.35. The molecule has 1 heterocycles. The van der Waals surface area contributed by atoms with Gasteiger partial charge in [-0.3, -0.25) is 10.1 Å². The van der Waals surface area contributed by atoms with Gasteiger partial charge in [-0.1, -0.05) is 13.8 Å². The van der Waals surface area contributed by atoms with Gasteiger partial charge in [0.05, 0.1) is 30.8 Å². The van der Waals surface area contributed by atoms with Crippen LogP contribution < -0.4 is 9.47 Å². The van der Waals surface area contributed by atoms with Crippen LogP contribution in [0.3, 0.4) is 0 Å². The highest BCUT2D eigenvalue weighted by atomic mass is 32.2. The van der Waals surface area contributed by atoms with Crippen LogP contribution in [-0.2, 0) is 11.3 Å². The van der Waals surface area contributed by atoms with Crippen molar-refractivity contribution in [1.82, 2.24) is 4.90 Å². The number of methoxy groups -OCH3 is 2. The smallest absolute Gasteiger partial charge is 0.410 e. The average Bonchev–Trinajstić information content (AvgIpc) is 2.57. The highest BCUT2D eigenvalue weighted by Gasteiger charge is 2.28. The summed E-state index contributed by atoms with van der Waals surface area (Å²) in [6.45, 7) is 5.10. The van der Waals surface area contributed by atoms with Crippen LogP contribution >= 0.6 is 11.8 Å². The lowest BCUT2D eigenvalue weighted by atomic mass is 10.1. The van der Waals surface area contributed by atoms with Crippen molar-refractivity contribution in [3.05, 3.63) is 27.8 Å². The molecule has 1 amide bonds. The minimum absolute atomic E-state index is 0.179. The Hall–Kier alpha value is -2.16. The molecule has 2 atom stereocenters. The Morgan fingerprint density at radius 2 is 1.80 bits per heavy atom. The van der Waals surface area contributed by atoms with Crippen LogP contribution in [0.15, 0.2) is 12.1 Å². The summed E-state index contributed by atoms with van der Waals surface area (Å²) in [5, 5.41) is 11.9. The fourth-order valence-corrected chi connectivity index (χ4v) is 4.08. The first-order valence-electron chi connectivity index (χ1n) is 7.82. The van der Waals surface area contributed by atoms with Gasteiger partial charge in [0.1, 0.15) is 6.61 Å². The summed E-state index contributed by atoms with van der Waals surface area (Å²) in [5.74, 6) is 0.593. The third kappa shape index (κ3) is 4.68. The minimum Gasteiger partial charge on any atom is -0.493 e. The Bertz CT molecular complexity index is 644. The quantitative estimate of drug-likeness (QED) is 0.581. The van der Waals surface area contributed by atoms with Gasteiger partial charge >= 0.3 is 6.09 Å². The molecule has 9 heteroatoms. The van der Waals surface area contributed by atoms with Crippen molar-refractivity contribution in [2.75, 3.05) is 27.3 Å². The molecule has 0 radical (unpaired) electrons. The summed E-state index contributed by atoms with van der Waals surface area (Å²) < 4.78 is 15.5. The number of nitro benzene ring substituents is 1. The molecule has 0 aromatic heterocycles. The number of amides is 1. The second-order valence-electron chi connectivity index (χ2n) is 5.81. The van der Waals surface area contributed by atoms with Crippen molar-refractivity contribution in [1.29, 1.82) is 0 Å². The zero-order chi connectivity index (χ0) is 18.6. The number of hydrogen-bond donors (Lipinski definition) is 0. The van der Waals surface area contributed by atoms with Gasteiger partial charge in [0.2, 0.25) is 0 Å². The van der Waals surface area contributed by atoms with Crippen molar-refractivity contribution in [3.8, 4) is 11.5 Å². The molecule has 138 valence electrons. The molecule has 2 unspecified atom stereocenters. The van der Waals surface area contributed by atoms with Gasteiger partial charge in [0.15, 0.2) is 11.5 Å². The van der Waals surface area contributed by atoms with Gasteiger partial charge in [-0.15, -0.1) is 0 Å². The van der Waals surface area contributed by atoms with Crippen molar-refractivity contribution in [2.45, 2.75) is 31.0 Å². The molecule has 0 N–H and O–H groups in total.